The van der Waals surface area contributed by atoms with Crippen molar-refractivity contribution in [1.29, 1.82) is 0 Å². The predicted octanol–water partition coefficient (Wildman–Crippen LogP) is 2.82. The predicted molar refractivity (Wildman–Crippen MR) is 108 cm³/mol. The van der Waals surface area contributed by atoms with E-state index < -0.39 is 0 Å². The summed E-state index contributed by atoms with van der Waals surface area (Å²) in [5, 5.41) is 11.1. The molecule has 0 aliphatic carbocycles. The molecule has 0 unspecified atom stereocenters. The van der Waals surface area contributed by atoms with Gasteiger partial charge in [-0.3, -0.25) is 0 Å². The molecular formula is C15H30IN5S. The Morgan fingerprint density at radius 2 is 1.86 bits per heavy atom. The Morgan fingerprint density at radius 1 is 1.18 bits per heavy atom. The molecule has 0 atom stereocenters. The molecule has 0 aliphatic heterocycles. The van der Waals surface area contributed by atoms with Gasteiger partial charge in [-0.05, 0) is 41.5 Å². The monoisotopic (exact) mass is 439 g/mol. The number of aliphatic imine (C=N–C) groups is 1. The molecule has 0 aliphatic rings. The van der Waals surface area contributed by atoms with Crippen LogP contribution in [0.15, 0.2) is 4.99 Å². The van der Waals surface area contributed by atoms with Gasteiger partial charge in [-0.1, -0.05) is 0 Å². The summed E-state index contributed by atoms with van der Waals surface area (Å²) in [6.45, 7) is 15.9. The molecule has 5 nitrogen and oxygen atoms in total. The number of hydrogen-bond acceptors (Lipinski definition) is 4. The van der Waals surface area contributed by atoms with Gasteiger partial charge >= 0.3 is 0 Å². The van der Waals surface area contributed by atoms with Gasteiger partial charge in [-0.2, -0.15) is 0 Å². The van der Waals surface area contributed by atoms with Gasteiger partial charge in [0.15, 0.2) is 5.96 Å². The van der Waals surface area contributed by atoms with E-state index in [0.29, 0.717) is 6.54 Å². The maximum absolute atomic E-state index is 4.59. The van der Waals surface area contributed by atoms with Crippen LogP contribution in [0, 0.1) is 13.8 Å². The third-order valence-electron chi connectivity index (χ3n) is 2.86. The molecule has 1 rings (SSSR count). The van der Waals surface area contributed by atoms with Crippen LogP contribution >= 0.6 is 35.3 Å². The summed E-state index contributed by atoms with van der Waals surface area (Å²) in [6, 6.07) is 0. The third kappa shape index (κ3) is 8.89. The van der Waals surface area contributed by atoms with E-state index in [0.717, 1.165) is 36.3 Å². The van der Waals surface area contributed by atoms with Gasteiger partial charge in [0.2, 0.25) is 0 Å². The fraction of sp³-hybridized carbons (Fsp3) is 0.733. The Bertz CT molecular complexity index is 445. The van der Waals surface area contributed by atoms with E-state index in [1.54, 1.807) is 11.3 Å². The molecule has 1 aromatic heterocycles. The van der Waals surface area contributed by atoms with E-state index in [1.807, 2.05) is 6.92 Å². The molecule has 128 valence electrons. The van der Waals surface area contributed by atoms with Gasteiger partial charge < -0.3 is 16.0 Å². The first-order valence-corrected chi connectivity index (χ1v) is 8.33. The Morgan fingerprint density at radius 3 is 2.36 bits per heavy atom. The van der Waals surface area contributed by atoms with Crippen molar-refractivity contribution >= 4 is 41.3 Å². The van der Waals surface area contributed by atoms with Crippen molar-refractivity contribution in [2.45, 2.75) is 53.6 Å². The molecular weight excluding hydrogens is 409 g/mol. The Labute approximate surface area is 155 Å². The summed E-state index contributed by atoms with van der Waals surface area (Å²) in [5.41, 5.74) is 1.25. The van der Waals surface area contributed by atoms with Crippen LogP contribution in [0.5, 0.6) is 0 Å². The van der Waals surface area contributed by atoms with E-state index in [2.05, 4.69) is 60.5 Å². The zero-order valence-corrected chi connectivity index (χ0v) is 17.7. The largest absolute Gasteiger partial charge is 0.357 e. The number of hydrogen-bond donors (Lipinski definition) is 3. The highest BCUT2D eigenvalue weighted by atomic mass is 127. The molecule has 0 amide bonds. The summed E-state index contributed by atoms with van der Waals surface area (Å²) in [6.07, 6.45) is 0. The van der Waals surface area contributed by atoms with E-state index in [1.165, 1.54) is 4.88 Å². The van der Waals surface area contributed by atoms with E-state index in [9.17, 15) is 0 Å². The van der Waals surface area contributed by atoms with E-state index >= 15 is 0 Å². The number of thiazole rings is 1. The minimum Gasteiger partial charge on any atom is -0.357 e. The van der Waals surface area contributed by atoms with Crippen LogP contribution in [0.3, 0.4) is 0 Å². The van der Waals surface area contributed by atoms with Gasteiger partial charge in [-0.25, -0.2) is 9.98 Å². The molecule has 22 heavy (non-hydrogen) atoms. The Balaban J connectivity index is 0.00000441. The highest BCUT2D eigenvalue weighted by Crippen LogP contribution is 2.16. The molecule has 0 radical (unpaired) electrons. The first-order valence-electron chi connectivity index (χ1n) is 7.52. The van der Waals surface area contributed by atoms with Gasteiger partial charge in [-0.15, -0.1) is 35.3 Å². The number of rotatable bonds is 6. The van der Waals surface area contributed by atoms with Gasteiger partial charge in [0.05, 0.1) is 12.2 Å². The van der Waals surface area contributed by atoms with Crippen molar-refractivity contribution in [3.05, 3.63) is 15.6 Å². The third-order valence-corrected chi connectivity index (χ3v) is 3.92. The second-order valence-electron chi connectivity index (χ2n) is 6.05. The Hall–Kier alpha value is -0.410. The van der Waals surface area contributed by atoms with Crippen LogP contribution < -0.4 is 16.0 Å². The van der Waals surface area contributed by atoms with Crippen molar-refractivity contribution in [2.75, 3.05) is 19.6 Å². The maximum atomic E-state index is 4.59. The molecule has 0 fully saturated rings. The van der Waals surface area contributed by atoms with Crippen LogP contribution in [0.1, 0.15) is 43.3 Å². The smallest absolute Gasteiger partial charge is 0.191 e. The fourth-order valence-corrected chi connectivity index (χ4v) is 2.57. The molecule has 3 N–H and O–H groups in total. The van der Waals surface area contributed by atoms with Crippen LogP contribution in [0.2, 0.25) is 0 Å². The first kappa shape index (κ1) is 21.6. The van der Waals surface area contributed by atoms with Crippen LogP contribution in [-0.4, -0.2) is 36.1 Å². The summed E-state index contributed by atoms with van der Waals surface area (Å²) < 4.78 is 0. The van der Waals surface area contributed by atoms with Crippen molar-refractivity contribution < 1.29 is 0 Å². The fourth-order valence-electron chi connectivity index (χ4n) is 1.71. The highest BCUT2D eigenvalue weighted by Gasteiger charge is 2.07. The molecule has 0 aromatic carbocycles. The Kier molecular flexibility index (Phi) is 10.2. The van der Waals surface area contributed by atoms with Gasteiger partial charge in [0.25, 0.3) is 0 Å². The molecule has 7 heteroatoms. The summed E-state index contributed by atoms with van der Waals surface area (Å²) in [4.78, 5) is 10.4. The lowest BCUT2D eigenvalue weighted by Gasteiger charge is -2.21. The zero-order chi connectivity index (χ0) is 15.9. The lowest BCUT2D eigenvalue weighted by Crippen LogP contribution is -2.44. The minimum absolute atomic E-state index is 0. The van der Waals surface area contributed by atoms with E-state index in [-0.39, 0.29) is 29.5 Å². The number of nitrogens with zero attached hydrogens (tertiary/aromatic N) is 2. The van der Waals surface area contributed by atoms with Gasteiger partial charge in [0, 0.05) is 30.1 Å². The maximum Gasteiger partial charge on any atom is 0.191 e. The summed E-state index contributed by atoms with van der Waals surface area (Å²) >= 11 is 1.72. The average Bonchev–Trinajstić information content (AvgIpc) is 2.70. The lowest BCUT2D eigenvalue weighted by molar-refractivity contribution is 0.428. The average molecular weight is 439 g/mol. The van der Waals surface area contributed by atoms with Crippen LogP contribution in [-0.2, 0) is 6.54 Å². The number of halogens is 1. The highest BCUT2D eigenvalue weighted by molar-refractivity contribution is 14.0. The normalized spacial score (nSPS) is 12.0. The lowest BCUT2D eigenvalue weighted by atomic mass is 10.1. The summed E-state index contributed by atoms with van der Waals surface area (Å²) in [5.74, 6) is 0.846. The van der Waals surface area contributed by atoms with Crippen LogP contribution in [0.4, 0.5) is 0 Å². The molecule has 0 bridgehead atoms. The van der Waals surface area contributed by atoms with Crippen LogP contribution in [0.25, 0.3) is 0 Å². The number of nitrogens with one attached hydrogen (secondary N) is 3. The van der Waals surface area contributed by atoms with Crippen molar-refractivity contribution in [3.8, 4) is 0 Å². The van der Waals surface area contributed by atoms with E-state index in [4.69, 9.17) is 0 Å². The molecule has 0 spiro atoms. The zero-order valence-electron chi connectivity index (χ0n) is 14.5. The number of aryl methyl sites for hydroxylation is 2. The minimum atomic E-state index is 0. The summed E-state index contributed by atoms with van der Waals surface area (Å²) in [7, 11) is 0. The van der Waals surface area contributed by atoms with Crippen molar-refractivity contribution in [3.63, 3.8) is 0 Å². The topological polar surface area (TPSA) is 61.3 Å². The first-order chi connectivity index (χ1) is 9.81. The molecule has 1 aromatic rings. The van der Waals surface area contributed by atoms with Crippen molar-refractivity contribution in [1.82, 2.24) is 20.9 Å². The quantitative estimate of drug-likeness (QED) is 0.276. The standard InChI is InChI=1S/C15H29N5S.HI/c1-7-16-14(17-8-9-19-15(4,5)6)18-10-13-20-11(2)12(3)21-13;/h19H,7-10H2,1-6H3,(H2,16,17,18);1H. The molecule has 0 saturated carbocycles. The number of aromatic nitrogens is 1. The number of guanidine groups is 1. The second kappa shape index (κ2) is 10.4. The SMILES string of the molecule is CCNC(=NCc1nc(C)c(C)s1)NCCNC(C)(C)C.I. The molecule has 1 heterocycles. The van der Waals surface area contributed by atoms with Gasteiger partial charge in [0.1, 0.15) is 5.01 Å². The van der Waals surface area contributed by atoms with Crippen molar-refractivity contribution in [2.24, 2.45) is 4.99 Å². The second-order valence-corrected chi connectivity index (χ2v) is 7.34. The molecule has 0 saturated heterocycles.